The van der Waals surface area contributed by atoms with E-state index in [1.807, 2.05) is 6.07 Å². The van der Waals surface area contributed by atoms with Crippen molar-refractivity contribution in [3.05, 3.63) is 54.6 Å². The zero-order chi connectivity index (χ0) is 15.5. The lowest BCUT2D eigenvalue weighted by atomic mass is 10.1. The van der Waals surface area contributed by atoms with Gasteiger partial charge in [0.25, 0.3) is 0 Å². The maximum Gasteiger partial charge on any atom is 0.119 e. The molecule has 0 aliphatic carbocycles. The summed E-state index contributed by atoms with van der Waals surface area (Å²) in [5.74, 6) is 0.977. The highest BCUT2D eigenvalue weighted by atomic mass is 16.5. The summed E-state index contributed by atoms with van der Waals surface area (Å²) in [6.07, 6.45) is 9.25. The highest BCUT2D eigenvalue weighted by molar-refractivity contribution is 5.63. The minimum absolute atomic E-state index is 0.832. The van der Waals surface area contributed by atoms with Gasteiger partial charge in [0.15, 0.2) is 0 Å². The van der Waals surface area contributed by atoms with Gasteiger partial charge in [-0.3, -0.25) is 0 Å². The van der Waals surface area contributed by atoms with Crippen molar-refractivity contribution in [2.24, 2.45) is 0 Å². The van der Waals surface area contributed by atoms with E-state index < -0.39 is 0 Å². The monoisotopic (exact) mass is 296 g/mol. The predicted octanol–water partition coefficient (Wildman–Crippen LogP) is 6.48. The number of hydrogen-bond acceptors (Lipinski definition) is 1. The molecule has 0 saturated carbocycles. The highest BCUT2D eigenvalue weighted by Crippen LogP contribution is 2.22. The number of hydrogen-bond donors (Lipinski definition) is 0. The van der Waals surface area contributed by atoms with Gasteiger partial charge in [0.05, 0.1) is 6.61 Å². The Balaban J connectivity index is 1.65. The van der Waals surface area contributed by atoms with Gasteiger partial charge < -0.3 is 4.74 Å². The lowest BCUT2D eigenvalue weighted by molar-refractivity contribution is 0.304. The van der Waals surface area contributed by atoms with E-state index in [4.69, 9.17) is 4.74 Å². The number of unbranched alkanes of at least 4 members (excludes halogenated alkanes) is 6. The first-order valence-electron chi connectivity index (χ1n) is 8.68. The number of benzene rings is 2. The third-order valence-electron chi connectivity index (χ3n) is 3.98. The maximum absolute atomic E-state index is 5.82. The average Bonchev–Trinajstić information content (AvgIpc) is 2.59. The van der Waals surface area contributed by atoms with E-state index in [1.54, 1.807) is 0 Å². The molecule has 0 atom stereocenters. The standard InChI is InChI=1S/C21H28O/c1-2-3-4-5-6-7-11-18-22-21-16-14-20(15-17-21)19-12-9-8-10-13-19/h8-10,12-17H,2-7,11,18H2,1H3. The first-order valence-corrected chi connectivity index (χ1v) is 8.68. The van der Waals surface area contributed by atoms with Crippen molar-refractivity contribution in [1.29, 1.82) is 0 Å². The molecular weight excluding hydrogens is 268 g/mol. The molecule has 0 unspecified atom stereocenters. The summed E-state index contributed by atoms with van der Waals surface area (Å²) in [6.45, 7) is 3.09. The minimum atomic E-state index is 0.832. The van der Waals surface area contributed by atoms with Gasteiger partial charge in [-0.05, 0) is 29.7 Å². The Labute approximate surface area is 135 Å². The quantitative estimate of drug-likeness (QED) is 0.456. The summed E-state index contributed by atoms with van der Waals surface area (Å²) >= 11 is 0. The van der Waals surface area contributed by atoms with Crippen molar-refractivity contribution in [3.63, 3.8) is 0 Å². The SMILES string of the molecule is CCCCCCCCCOc1ccc(-c2ccccc2)cc1. The lowest BCUT2D eigenvalue weighted by Gasteiger charge is -2.07. The van der Waals surface area contributed by atoms with Gasteiger partial charge in [0, 0.05) is 0 Å². The molecule has 1 nitrogen and oxygen atoms in total. The molecule has 0 aliphatic heterocycles. The Bertz CT molecular complexity index is 501. The third kappa shape index (κ3) is 5.93. The van der Waals surface area contributed by atoms with Crippen LogP contribution in [0.1, 0.15) is 51.9 Å². The van der Waals surface area contributed by atoms with Gasteiger partial charge in [-0.25, -0.2) is 0 Å². The molecule has 2 aromatic rings. The number of rotatable bonds is 10. The molecule has 1 heteroatoms. The van der Waals surface area contributed by atoms with Crippen LogP contribution in [0.25, 0.3) is 11.1 Å². The van der Waals surface area contributed by atoms with Crippen LogP contribution in [-0.2, 0) is 0 Å². The molecule has 22 heavy (non-hydrogen) atoms. The van der Waals surface area contributed by atoms with Crippen LogP contribution in [0.5, 0.6) is 5.75 Å². The van der Waals surface area contributed by atoms with Crippen LogP contribution in [0.2, 0.25) is 0 Å². The fourth-order valence-electron chi connectivity index (χ4n) is 2.62. The molecule has 2 aromatic carbocycles. The average molecular weight is 296 g/mol. The van der Waals surface area contributed by atoms with Gasteiger partial charge in [-0.15, -0.1) is 0 Å². The Kier molecular flexibility index (Phi) is 7.59. The zero-order valence-electron chi connectivity index (χ0n) is 13.8. The van der Waals surface area contributed by atoms with Gasteiger partial charge >= 0.3 is 0 Å². The van der Waals surface area contributed by atoms with Crippen LogP contribution in [0.15, 0.2) is 54.6 Å². The second-order valence-corrected chi connectivity index (χ2v) is 5.86. The van der Waals surface area contributed by atoms with E-state index in [0.717, 1.165) is 18.8 Å². The van der Waals surface area contributed by atoms with Crippen molar-refractivity contribution in [2.75, 3.05) is 6.61 Å². The van der Waals surface area contributed by atoms with Crippen LogP contribution in [0.4, 0.5) is 0 Å². The Morgan fingerprint density at radius 3 is 1.91 bits per heavy atom. The molecule has 0 N–H and O–H groups in total. The number of ether oxygens (including phenoxy) is 1. The largest absolute Gasteiger partial charge is 0.494 e. The van der Waals surface area contributed by atoms with Gasteiger partial charge in [0.2, 0.25) is 0 Å². The van der Waals surface area contributed by atoms with E-state index in [0.29, 0.717) is 0 Å². The van der Waals surface area contributed by atoms with Crippen LogP contribution in [-0.4, -0.2) is 6.61 Å². The van der Waals surface area contributed by atoms with Crippen molar-refractivity contribution >= 4 is 0 Å². The maximum atomic E-state index is 5.82. The molecule has 0 spiro atoms. The molecule has 0 aliphatic rings. The van der Waals surface area contributed by atoms with E-state index in [1.165, 1.54) is 49.7 Å². The Morgan fingerprint density at radius 1 is 0.636 bits per heavy atom. The summed E-state index contributed by atoms with van der Waals surface area (Å²) in [6, 6.07) is 18.9. The molecule has 0 radical (unpaired) electrons. The van der Waals surface area contributed by atoms with Crippen LogP contribution < -0.4 is 4.74 Å². The van der Waals surface area contributed by atoms with Crippen molar-refractivity contribution in [1.82, 2.24) is 0 Å². The molecule has 0 fully saturated rings. The summed E-state index contributed by atoms with van der Waals surface area (Å²) in [7, 11) is 0. The fraction of sp³-hybridized carbons (Fsp3) is 0.429. The topological polar surface area (TPSA) is 9.23 Å². The lowest BCUT2D eigenvalue weighted by Crippen LogP contribution is -1.97. The minimum Gasteiger partial charge on any atom is -0.494 e. The molecule has 0 heterocycles. The molecule has 0 bridgehead atoms. The van der Waals surface area contributed by atoms with Gasteiger partial charge in [-0.2, -0.15) is 0 Å². The van der Waals surface area contributed by atoms with E-state index in [2.05, 4.69) is 55.5 Å². The molecular formula is C21H28O. The van der Waals surface area contributed by atoms with Gasteiger partial charge in [0.1, 0.15) is 5.75 Å². The summed E-state index contributed by atoms with van der Waals surface area (Å²) in [5.41, 5.74) is 2.49. The first-order chi connectivity index (χ1) is 10.9. The van der Waals surface area contributed by atoms with Crippen molar-refractivity contribution in [3.8, 4) is 16.9 Å². The highest BCUT2D eigenvalue weighted by Gasteiger charge is 1.98. The second-order valence-electron chi connectivity index (χ2n) is 5.86. The predicted molar refractivity (Wildman–Crippen MR) is 95.4 cm³/mol. The molecule has 118 valence electrons. The smallest absolute Gasteiger partial charge is 0.119 e. The molecule has 2 rings (SSSR count). The van der Waals surface area contributed by atoms with Crippen LogP contribution in [0, 0.1) is 0 Å². The van der Waals surface area contributed by atoms with Crippen molar-refractivity contribution < 1.29 is 4.74 Å². The fourth-order valence-corrected chi connectivity index (χ4v) is 2.62. The summed E-state index contributed by atoms with van der Waals surface area (Å²) in [4.78, 5) is 0. The molecule has 0 saturated heterocycles. The third-order valence-corrected chi connectivity index (χ3v) is 3.98. The first kappa shape index (κ1) is 16.6. The van der Waals surface area contributed by atoms with Crippen LogP contribution in [0.3, 0.4) is 0 Å². The molecule has 0 amide bonds. The van der Waals surface area contributed by atoms with Crippen molar-refractivity contribution in [2.45, 2.75) is 51.9 Å². The van der Waals surface area contributed by atoms with E-state index >= 15 is 0 Å². The molecule has 0 aromatic heterocycles. The zero-order valence-corrected chi connectivity index (χ0v) is 13.8. The van der Waals surface area contributed by atoms with Gasteiger partial charge in [-0.1, -0.05) is 87.9 Å². The second kappa shape index (κ2) is 10.0. The normalized spacial score (nSPS) is 10.6. The van der Waals surface area contributed by atoms with E-state index in [9.17, 15) is 0 Å². The summed E-state index contributed by atoms with van der Waals surface area (Å²) in [5, 5.41) is 0. The van der Waals surface area contributed by atoms with E-state index in [-0.39, 0.29) is 0 Å². The Morgan fingerprint density at radius 2 is 1.23 bits per heavy atom. The summed E-state index contributed by atoms with van der Waals surface area (Å²) < 4.78 is 5.82. The van der Waals surface area contributed by atoms with Crippen LogP contribution >= 0.6 is 0 Å². The Hall–Kier alpha value is -1.76.